The molecule has 1 saturated heterocycles. The number of ether oxygens (including phenoxy) is 3. The zero-order valence-electron chi connectivity index (χ0n) is 14.5. The van der Waals surface area contributed by atoms with Gasteiger partial charge in [0.25, 0.3) is 0 Å². The van der Waals surface area contributed by atoms with Crippen LogP contribution in [-0.2, 0) is 19.0 Å². The fourth-order valence-electron chi connectivity index (χ4n) is 2.13. The van der Waals surface area contributed by atoms with Gasteiger partial charge in [-0.05, 0) is 20.8 Å². The van der Waals surface area contributed by atoms with Gasteiger partial charge in [-0.1, -0.05) is 0 Å². The average Bonchev–Trinajstić information content (AvgIpc) is 2.50. The predicted molar refractivity (Wildman–Crippen MR) is 83.3 cm³/mol. The number of aliphatic hydroxyl groups is 1. The summed E-state index contributed by atoms with van der Waals surface area (Å²) in [6.45, 7) is 5.62. The molecule has 2 N–H and O–H groups in total. The maximum Gasteiger partial charge on any atom is 0.410 e. The van der Waals surface area contributed by atoms with Gasteiger partial charge >= 0.3 is 18.2 Å². The Bertz CT molecular complexity index is 453. The number of rotatable bonds is 4. The molecule has 0 aromatic rings. The summed E-state index contributed by atoms with van der Waals surface area (Å²) in [6.07, 6.45) is -0.643. The zero-order valence-corrected chi connectivity index (χ0v) is 14.5. The van der Waals surface area contributed by atoms with Crippen LogP contribution in [0.5, 0.6) is 0 Å². The number of nitrogens with one attached hydrogen (secondary N) is 1. The van der Waals surface area contributed by atoms with Gasteiger partial charge in [-0.15, -0.1) is 0 Å². The van der Waals surface area contributed by atoms with Crippen LogP contribution in [0.1, 0.15) is 33.6 Å². The number of hydrogen-bond acceptors (Lipinski definition) is 7. The molecule has 1 aliphatic heterocycles. The second-order valence-electron chi connectivity index (χ2n) is 6.47. The van der Waals surface area contributed by atoms with Crippen LogP contribution in [0.25, 0.3) is 0 Å². The minimum Gasteiger partial charge on any atom is -0.467 e. The molecule has 1 fully saturated rings. The molecular weight excluding hydrogens is 320 g/mol. The Labute approximate surface area is 141 Å². The van der Waals surface area contributed by atoms with E-state index in [9.17, 15) is 14.4 Å². The van der Waals surface area contributed by atoms with E-state index in [0.29, 0.717) is 25.9 Å². The van der Waals surface area contributed by atoms with Crippen molar-refractivity contribution in [1.29, 1.82) is 0 Å². The minimum absolute atomic E-state index is 0.374. The van der Waals surface area contributed by atoms with Crippen LogP contribution in [-0.4, -0.2) is 72.7 Å². The summed E-state index contributed by atoms with van der Waals surface area (Å²) in [5.74, 6) is -0.755. The van der Waals surface area contributed by atoms with Gasteiger partial charge in [-0.25, -0.2) is 14.4 Å². The minimum atomic E-state index is -1.16. The summed E-state index contributed by atoms with van der Waals surface area (Å²) in [5.41, 5.74) is -0.558. The van der Waals surface area contributed by atoms with Crippen molar-refractivity contribution in [3.63, 3.8) is 0 Å². The van der Waals surface area contributed by atoms with Crippen molar-refractivity contribution in [3.8, 4) is 0 Å². The van der Waals surface area contributed by atoms with E-state index >= 15 is 0 Å². The molecule has 0 radical (unpaired) electrons. The van der Waals surface area contributed by atoms with Gasteiger partial charge in [0.2, 0.25) is 0 Å². The van der Waals surface area contributed by atoms with Gasteiger partial charge < -0.3 is 29.5 Å². The Morgan fingerprint density at radius 1 is 1.25 bits per heavy atom. The van der Waals surface area contributed by atoms with Crippen molar-refractivity contribution < 1.29 is 33.7 Å². The molecule has 0 spiro atoms. The van der Waals surface area contributed by atoms with Crippen molar-refractivity contribution in [3.05, 3.63) is 0 Å². The van der Waals surface area contributed by atoms with Gasteiger partial charge in [0.1, 0.15) is 11.7 Å². The van der Waals surface area contributed by atoms with Gasteiger partial charge in [0.15, 0.2) is 6.04 Å². The van der Waals surface area contributed by atoms with E-state index in [1.165, 1.54) is 0 Å². The first-order valence-electron chi connectivity index (χ1n) is 7.80. The van der Waals surface area contributed by atoms with Crippen molar-refractivity contribution in [1.82, 2.24) is 10.2 Å². The molecule has 1 aliphatic rings. The van der Waals surface area contributed by atoms with Gasteiger partial charge in [0, 0.05) is 25.9 Å². The SMILES string of the molecule is COC(=O)[C@H](CO)NC(=O)OC1CCN(C(=O)OC(C)(C)C)CC1. The van der Waals surface area contributed by atoms with Crippen molar-refractivity contribution in [2.75, 3.05) is 26.8 Å². The van der Waals surface area contributed by atoms with E-state index in [1.54, 1.807) is 25.7 Å². The Kier molecular flexibility index (Phi) is 7.27. The van der Waals surface area contributed by atoms with Crippen molar-refractivity contribution in [2.24, 2.45) is 0 Å². The number of likely N-dealkylation sites (tertiary alicyclic amines) is 1. The van der Waals surface area contributed by atoms with Crippen LogP contribution in [0.2, 0.25) is 0 Å². The number of aliphatic hydroxyl groups excluding tert-OH is 1. The Balaban J connectivity index is 2.39. The molecule has 1 rings (SSSR count). The monoisotopic (exact) mass is 346 g/mol. The first-order chi connectivity index (χ1) is 11.2. The number of hydrogen-bond donors (Lipinski definition) is 2. The Morgan fingerprint density at radius 3 is 2.29 bits per heavy atom. The largest absolute Gasteiger partial charge is 0.467 e. The molecule has 1 atom stereocenters. The van der Waals surface area contributed by atoms with E-state index in [4.69, 9.17) is 14.6 Å². The average molecular weight is 346 g/mol. The molecule has 138 valence electrons. The molecule has 24 heavy (non-hydrogen) atoms. The lowest BCUT2D eigenvalue weighted by molar-refractivity contribution is -0.144. The summed E-state index contributed by atoms with van der Waals surface area (Å²) in [5, 5.41) is 11.3. The van der Waals surface area contributed by atoms with Gasteiger partial charge in [-0.2, -0.15) is 0 Å². The lowest BCUT2D eigenvalue weighted by Crippen LogP contribution is -2.47. The number of amides is 2. The summed E-state index contributed by atoms with van der Waals surface area (Å²) < 4.78 is 14.9. The molecule has 1 heterocycles. The molecule has 0 aromatic heterocycles. The third-order valence-corrected chi connectivity index (χ3v) is 3.33. The van der Waals surface area contributed by atoms with Crippen molar-refractivity contribution in [2.45, 2.75) is 51.4 Å². The van der Waals surface area contributed by atoms with Crippen molar-refractivity contribution >= 4 is 18.2 Å². The van der Waals surface area contributed by atoms with Crippen LogP contribution >= 0.6 is 0 Å². The fraction of sp³-hybridized carbons (Fsp3) is 0.800. The highest BCUT2D eigenvalue weighted by Gasteiger charge is 2.29. The number of nitrogens with zero attached hydrogens (tertiary/aromatic N) is 1. The van der Waals surface area contributed by atoms with E-state index in [1.807, 2.05) is 0 Å². The van der Waals surface area contributed by atoms with E-state index in [0.717, 1.165) is 7.11 Å². The number of piperidine rings is 1. The molecule has 0 bridgehead atoms. The highest BCUT2D eigenvalue weighted by atomic mass is 16.6. The number of carbonyl (C=O) groups is 3. The summed E-state index contributed by atoms with van der Waals surface area (Å²) in [6, 6.07) is -1.16. The number of esters is 1. The molecule has 2 amide bonds. The van der Waals surface area contributed by atoms with Crippen LogP contribution < -0.4 is 5.32 Å². The highest BCUT2D eigenvalue weighted by Crippen LogP contribution is 2.17. The predicted octanol–water partition coefficient (Wildman–Crippen LogP) is 0.646. The Hall–Kier alpha value is -2.03. The lowest BCUT2D eigenvalue weighted by atomic mass is 10.1. The van der Waals surface area contributed by atoms with Crippen LogP contribution in [0.3, 0.4) is 0 Å². The second kappa shape index (κ2) is 8.72. The van der Waals surface area contributed by atoms with Crippen LogP contribution in [0, 0.1) is 0 Å². The normalized spacial score (nSPS) is 17.0. The summed E-state index contributed by atoms with van der Waals surface area (Å²) in [7, 11) is 1.16. The number of carbonyl (C=O) groups excluding carboxylic acids is 3. The molecular formula is C15H26N2O7. The first kappa shape index (κ1) is 20.0. The standard InChI is InChI=1S/C15H26N2O7/c1-15(2,3)24-14(21)17-7-5-10(6-8-17)23-13(20)16-11(9-18)12(19)22-4/h10-11,18H,5-9H2,1-4H3,(H,16,20)/t11-/m0/s1. The molecule has 0 aromatic carbocycles. The first-order valence-corrected chi connectivity index (χ1v) is 7.80. The molecule has 0 saturated carbocycles. The number of methoxy groups -OCH3 is 1. The molecule has 0 aliphatic carbocycles. The molecule has 9 nitrogen and oxygen atoms in total. The van der Waals surface area contributed by atoms with E-state index in [-0.39, 0.29) is 6.10 Å². The van der Waals surface area contributed by atoms with Crippen LogP contribution in [0.4, 0.5) is 9.59 Å². The van der Waals surface area contributed by atoms with Gasteiger partial charge in [-0.3, -0.25) is 0 Å². The van der Waals surface area contributed by atoms with E-state index in [2.05, 4.69) is 10.1 Å². The fourth-order valence-corrected chi connectivity index (χ4v) is 2.13. The highest BCUT2D eigenvalue weighted by molar-refractivity contribution is 5.81. The quantitative estimate of drug-likeness (QED) is 0.567. The maximum absolute atomic E-state index is 11.9. The third-order valence-electron chi connectivity index (χ3n) is 3.33. The van der Waals surface area contributed by atoms with Crippen LogP contribution in [0.15, 0.2) is 0 Å². The third kappa shape index (κ3) is 6.61. The number of alkyl carbamates (subject to hydrolysis) is 1. The second-order valence-corrected chi connectivity index (χ2v) is 6.47. The topological polar surface area (TPSA) is 114 Å². The Morgan fingerprint density at radius 2 is 1.83 bits per heavy atom. The lowest BCUT2D eigenvalue weighted by Gasteiger charge is -2.33. The van der Waals surface area contributed by atoms with Gasteiger partial charge in [0.05, 0.1) is 13.7 Å². The molecule has 9 heteroatoms. The smallest absolute Gasteiger partial charge is 0.410 e. The summed E-state index contributed by atoms with van der Waals surface area (Å²) >= 11 is 0. The summed E-state index contributed by atoms with van der Waals surface area (Å²) in [4.78, 5) is 36.5. The zero-order chi connectivity index (χ0) is 18.3. The molecule has 0 unspecified atom stereocenters. The van der Waals surface area contributed by atoms with E-state index < -0.39 is 36.4 Å². The maximum atomic E-state index is 11.9.